The first-order valence-electron chi connectivity index (χ1n) is 12.3. The fourth-order valence-corrected chi connectivity index (χ4v) is 4.58. The predicted molar refractivity (Wildman–Crippen MR) is 130 cm³/mol. The number of fused-ring (bicyclic) bond motifs is 1. The van der Waals surface area contributed by atoms with E-state index in [9.17, 15) is 27.7 Å². The number of hydrogen-bond donors (Lipinski definition) is 1. The smallest absolute Gasteiger partial charge is 0.490 e. The zero-order valence-corrected chi connectivity index (χ0v) is 20.6. The van der Waals surface area contributed by atoms with Crippen molar-refractivity contribution in [1.29, 1.82) is 0 Å². The van der Waals surface area contributed by atoms with E-state index in [4.69, 9.17) is 9.47 Å². The van der Waals surface area contributed by atoms with Crippen LogP contribution in [0.2, 0.25) is 0 Å². The van der Waals surface area contributed by atoms with Crippen LogP contribution in [0.4, 0.5) is 29.1 Å². The number of hydrogen-bond acceptors (Lipinski definition) is 8. The van der Waals surface area contributed by atoms with Crippen molar-refractivity contribution in [2.45, 2.75) is 44.4 Å². The highest BCUT2D eigenvalue weighted by Crippen LogP contribution is 2.28. The maximum Gasteiger partial charge on any atom is 0.573 e. The Morgan fingerprint density at radius 2 is 1.85 bits per heavy atom. The second-order valence-corrected chi connectivity index (χ2v) is 9.28. The molecule has 5 rings (SSSR count). The number of ether oxygens (including phenoxy) is 3. The van der Waals surface area contributed by atoms with E-state index in [0.29, 0.717) is 43.8 Å². The van der Waals surface area contributed by atoms with Crippen molar-refractivity contribution >= 4 is 11.5 Å². The summed E-state index contributed by atoms with van der Waals surface area (Å²) >= 11 is 0. The van der Waals surface area contributed by atoms with Crippen molar-refractivity contribution in [3.63, 3.8) is 0 Å². The Morgan fingerprint density at radius 1 is 1.13 bits per heavy atom. The summed E-state index contributed by atoms with van der Waals surface area (Å²) in [6, 6.07) is 10.4. The first-order valence-corrected chi connectivity index (χ1v) is 12.3. The molecule has 0 radical (unpaired) electrons. The highest BCUT2D eigenvalue weighted by molar-refractivity contribution is 5.48. The zero-order valence-electron chi connectivity index (χ0n) is 20.6. The summed E-state index contributed by atoms with van der Waals surface area (Å²) < 4.78 is 68.6. The maximum atomic E-state index is 14.9. The van der Waals surface area contributed by atoms with Crippen LogP contribution in [0.5, 0.6) is 17.5 Å². The lowest BCUT2D eigenvalue weighted by Gasteiger charge is -2.34. The molecule has 3 aromatic rings. The summed E-state index contributed by atoms with van der Waals surface area (Å²) in [5.41, 5.74) is 1.23. The molecule has 10 nitrogen and oxygen atoms in total. The van der Waals surface area contributed by atoms with Gasteiger partial charge in [0.1, 0.15) is 36.2 Å². The zero-order chi connectivity index (χ0) is 27.6. The lowest BCUT2D eigenvalue weighted by Crippen LogP contribution is -2.41. The van der Waals surface area contributed by atoms with Gasteiger partial charge in [0.25, 0.3) is 0 Å². The van der Waals surface area contributed by atoms with E-state index in [1.807, 2.05) is 6.07 Å². The quantitative estimate of drug-likeness (QED) is 0.249. The molecular formula is C25H25F4N5O5. The van der Waals surface area contributed by atoms with Crippen LogP contribution in [-0.2, 0) is 13.1 Å². The van der Waals surface area contributed by atoms with Crippen LogP contribution >= 0.6 is 0 Å². The molecule has 0 spiro atoms. The van der Waals surface area contributed by atoms with Crippen LogP contribution in [0.3, 0.4) is 0 Å². The van der Waals surface area contributed by atoms with E-state index < -0.39 is 11.3 Å². The number of imidazole rings is 1. The molecule has 0 unspecified atom stereocenters. The van der Waals surface area contributed by atoms with Gasteiger partial charge in [0, 0.05) is 55.3 Å². The fraction of sp³-hybridized carbons (Fsp3) is 0.400. The van der Waals surface area contributed by atoms with Gasteiger partial charge in [-0.25, -0.2) is 4.39 Å². The highest BCUT2D eigenvalue weighted by atomic mass is 19.4. The van der Waals surface area contributed by atoms with Gasteiger partial charge < -0.3 is 34.5 Å². The number of rotatable bonds is 8. The van der Waals surface area contributed by atoms with Gasteiger partial charge in [0.2, 0.25) is 0 Å². The Bertz CT molecular complexity index is 1310. The lowest BCUT2D eigenvalue weighted by molar-refractivity contribution is -0.389. The molecule has 2 aliphatic heterocycles. The maximum absolute atomic E-state index is 14.9. The molecule has 14 heteroatoms. The molecule has 1 atom stereocenters. The second-order valence-electron chi connectivity index (χ2n) is 9.28. The van der Waals surface area contributed by atoms with E-state index in [-0.39, 0.29) is 48.7 Å². The lowest BCUT2D eigenvalue weighted by atomic mass is 10.1. The number of benzene rings is 2. The molecule has 0 bridgehead atoms. The summed E-state index contributed by atoms with van der Waals surface area (Å²) in [6.45, 7) is 2.20. The number of nitro groups is 1. The molecule has 0 saturated carbocycles. The standard InChI is InChI=1S/C25H25F4N5O5/c26-22-11-18(2-1-16(22)12-30-17-13-33-14-23(34(35)36)31-24(33)37-15-17)32-9-7-20(8-10-32)38-19-3-5-21(6-4-19)39-25(27,28)29/h1-6,11,14,17,20,30H,7-10,12-13,15H2/t17-/m0/s1. The molecule has 39 heavy (non-hydrogen) atoms. The molecule has 1 saturated heterocycles. The molecule has 1 N–H and O–H groups in total. The Labute approximate surface area is 220 Å². The highest BCUT2D eigenvalue weighted by Gasteiger charge is 2.31. The second kappa shape index (κ2) is 11.0. The Kier molecular flexibility index (Phi) is 7.46. The predicted octanol–water partition coefficient (Wildman–Crippen LogP) is 4.43. The summed E-state index contributed by atoms with van der Waals surface area (Å²) in [7, 11) is 0. The van der Waals surface area contributed by atoms with Crippen LogP contribution < -0.4 is 24.4 Å². The monoisotopic (exact) mass is 551 g/mol. The van der Waals surface area contributed by atoms with Crippen LogP contribution in [0.1, 0.15) is 18.4 Å². The average Bonchev–Trinajstić information content (AvgIpc) is 3.33. The number of piperidine rings is 1. The molecule has 1 aromatic heterocycles. The SMILES string of the molecule is O=[N+]([O-])c1cn2c(n1)OC[C@@H](NCc1ccc(N3CCC(Oc4ccc(OC(F)(F)F)cc4)CC3)cc1F)C2. The topological polar surface area (TPSA) is 104 Å². The van der Waals surface area contributed by atoms with Gasteiger partial charge >= 0.3 is 18.2 Å². The molecule has 208 valence electrons. The van der Waals surface area contributed by atoms with Crippen LogP contribution in [0.15, 0.2) is 48.7 Å². The first kappa shape index (κ1) is 26.5. The van der Waals surface area contributed by atoms with Crippen LogP contribution in [0, 0.1) is 15.9 Å². The number of aromatic nitrogens is 2. The molecule has 0 amide bonds. The summed E-state index contributed by atoms with van der Waals surface area (Å²) in [5, 5.41) is 14.1. The summed E-state index contributed by atoms with van der Waals surface area (Å²) in [6.07, 6.45) is -2.20. The molecule has 1 fully saturated rings. The third-order valence-corrected chi connectivity index (χ3v) is 6.53. The number of halogens is 4. The van der Waals surface area contributed by atoms with Gasteiger partial charge in [0.15, 0.2) is 0 Å². The van der Waals surface area contributed by atoms with E-state index in [0.717, 1.165) is 5.69 Å². The third-order valence-electron chi connectivity index (χ3n) is 6.53. The Balaban J connectivity index is 1.09. The fourth-order valence-electron chi connectivity index (χ4n) is 4.58. The van der Waals surface area contributed by atoms with Crippen molar-refractivity contribution in [3.05, 3.63) is 70.2 Å². The van der Waals surface area contributed by atoms with Crippen LogP contribution in [-0.4, -0.2) is 52.7 Å². The normalized spacial score (nSPS) is 17.8. The van der Waals surface area contributed by atoms with Gasteiger partial charge in [-0.3, -0.25) is 4.57 Å². The van der Waals surface area contributed by atoms with E-state index in [1.54, 1.807) is 10.6 Å². The minimum absolute atomic E-state index is 0.112. The van der Waals surface area contributed by atoms with E-state index in [1.165, 1.54) is 36.5 Å². The molecule has 2 aliphatic rings. The van der Waals surface area contributed by atoms with Crippen molar-refractivity contribution in [1.82, 2.24) is 14.9 Å². The van der Waals surface area contributed by atoms with E-state index >= 15 is 0 Å². The number of anilines is 1. The minimum atomic E-state index is -4.74. The van der Waals surface area contributed by atoms with Gasteiger partial charge in [-0.05, 0) is 41.3 Å². The van der Waals surface area contributed by atoms with Crippen LogP contribution in [0.25, 0.3) is 0 Å². The Hall–Kier alpha value is -4.07. The van der Waals surface area contributed by atoms with Crippen molar-refractivity contribution < 1.29 is 36.7 Å². The molecule has 2 aromatic carbocycles. The number of alkyl halides is 3. The molecule has 0 aliphatic carbocycles. The molecular weight excluding hydrogens is 526 g/mol. The average molecular weight is 551 g/mol. The van der Waals surface area contributed by atoms with Gasteiger partial charge in [-0.15, -0.1) is 13.2 Å². The first-order chi connectivity index (χ1) is 18.6. The third kappa shape index (κ3) is 6.69. The largest absolute Gasteiger partial charge is 0.573 e. The van der Waals surface area contributed by atoms with Gasteiger partial charge in [-0.2, -0.15) is 0 Å². The summed E-state index contributed by atoms with van der Waals surface area (Å²) in [4.78, 5) is 16.2. The molecule has 3 heterocycles. The Morgan fingerprint density at radius 3 is 2.51 bits per heavy atom. The van der Waals surface area contributed by atoms with E-state index in [2.05, 4.69) is 19.9 Å². The number of nitrogens with zero attached hydrogens (tertiary/aromatic N) is 4. The van der Waals surface area contributed by atoms with Crippen molar-refractivity contribution in [2.75, 3.05) is 24.6 Å². The van der Waals surface area contributed by atoms with Gasteiger partial charge in [-0.1, -0.05) is 6.07 Å². The van der Waals surface area contributed by atoms with Crippen molar-refractivity contribution in [3.8, 4) is 17.5 Å². The van der Waals surface area contributed by atoms with Crippen molar-refractivity contribution in [2.24, 2.45) is 0 Å². The minimum Gasteiger partial charge on any atom is -0.490 e. The summed E-state index contributed by atoms with van der Waals surface area (Å²) in [5.74, 6) is -0.487. The van der Waals surface area contributed by atoms with Gasteiger partial charge in [0.05, 0.1) is 6.04 Å². The number of nitrogens with one attached hydrogen (secondary N) is 1.